The van der Waals surface area contributed by atoms with E-state index in [1.807, 2.05) is 69.3 Å². The van der Waals surface area contributed by atoms with Gasteiger partial charge in [0.05, 0.1) is 12.5 Å². The molecule has 0 saturated carbocycles. The van der Waals surface area contributed by atoms with E-state index in [4.69, 9.17) is 0 Å². The third kappa shape index (κ3) is 3.79. The monoisotopic (exact) mass is 350 g/mol. The first-order chi connectivity index (χ1) is 12.5. The van der Waals surface area contributed by atoms with Gasteiger partial charge in [0.2, 0.25) is 11.8 Å². The number of nitrogens with one attached hydrogen (secondary N) is 1. The topological polar surface area (TPSA) is 49.4 Å². The largest absolute Gasteiger partial charge is 0.346 e. The quantitative estimate of drug-likeness (QED) is 0.898. The number of carbonyl (C=O) groups excluding carboxylic acids is 2. The van der Waals surface area contributed by atoms with Crippen LogP contribution in [-0.2, 0) is 16.0 Å². The van der Waals surface area contributed by atoms with Crippen LogP contribution in [0.1, 0.15) is 36.5 Å². The Hall–Kier alpha value is -2.62. The van der Waals surface area contributed by atoms with Gasteiger partial charge in [0, 0.05) is 12.2 Å². The van der Waals surface area contributed by atoms with E-state index in [9.17, 15) is 9.59 Å². The van der Waals surface area contributed by atoms with Gasteiger partial charge in [-0.3, -0.25) is 9.59 Å². The van der Waals surface area contributed by atoms with Crippen LogP contribution >= 0.6 is 0 Å². The van der Waals surface area contributed by atoms with Crippen LogP contribution in [0.3, 0.4) is 0 Å². The van der Waals surface area contributed by atoms with Crippen LogP contribution in [0, 0.1) is 12.8 Å². The molecule has 0 aromatic heterocycles. The Bertz CT molecular complexity index is 796. The molecule has 1 heterocycles. The number of amides is 2. The summed E-state index contributed by atoms with van der Waals surface area (Å²) < 4.78 is 0. The van der Waals surface area contributed by atoms with E-state index in [1.165, 1.54) is 11.1 Å². The summed E-state index contributed by atoms with van der Waals surface area (Å²) in [5.41, 5.74) is 4.30. The van der Waals surface area contributed by atoms with Crippen LogP contribution in [-0.4, -0.2) is 24.9 Å². The molecule has 0 saturated heterocycles. The van der Waals surface area contributed by atoms with E-state index in [1.54, 1.807) is 4.90 Å². The number of carbonyl (C=O) groups is 2. The summed E-state index contributed by atoms with van der Waals surface area (Å²) >= 11 is 0. The summed E-state index contributed by atoms with van der Waals surface area (Å²) in [6.45, 7) is 6.80. The lowest BCUT2D eigenvalue weighted by Gasteiger charge is -2.22. The molecule has 1 unspecified atom stereocenters. The first-order valence-corrected chi connectivity index (χ1v) is 9.20. The van der Waals surface area contributed by atoms with Crippen molar-refractivity contribution in [1.82, 2.24) is 5.32 Å². The SMILES string of the molecule is Cc1ccc(C(C(=O)NCC(=O)N2CCc3ccccc32)C(C)C)cc1. The van der Waals surface area contributed by atoms with Crippen LogP contribution in [0.25, 0.3) is 0 Å². The molecular weight excluding hydrogens is 324 g/mol. The molecule has 4 nitrogen and oxygen atoms in total. The third-order valence-electron chi connectivity index (χ3n) is 4.99. The number of aryl methyl sites for hydroxylation is 1. The van der Waals surface area contributed by atoms with Gasteiger partial charge in [-0.25, -0.2) is 0 Å². The number of hydrogen-bond acceptors (Lipinski definition) is 2. The van der Waals surface area contributed by atoms with Crippen molar-refractivity contribution in [3.8, 4) is 0 Å². The summed E-state index contributed by atoms with van der Waals surface area (Å²) in [6.07, 6.45) is 0.869. The van der Waals surface area contributed by atoms with Crippen LogP contribution in [0.2, 0.25) is 0 Å². The van der Waals surface area contributed by atoms with Crippen molar-refractivity contribution in [2.45, 2.75) is 33.1 Å². The van der Waals surface area contributed by atoms with Gasteiger partial charge in [-0.05, 0) is 36.5 Å². The summed E-state index contributed by atoms with van der Waals surface area (Å²) in [5.74, 6) is -0.256. The number of rotatable bonds is 5. The van der Waals surface area contributed by atoms with Crippen molar-refractivity contribution in [1.29, 1.82) is 0 Å². The van der Waals surface area contributed by atoms with E-state index in [0.29, 0.717) is 6.54 Å². The van der Waals surface area contributed by atoms with E-state index in [0.717, 1.165) is 17.7 Å². The summed E-state index contributed by atoms with van der Waals surface area (Å²) in [4.78, 5) is 27.1. The van der Waals surface area contributed by atoms with Crippen LogP contribution in [0.4, 0.5) is 5.69 Å². The summed E-state index contributed by atoms with van der Waals surface area (Å²) in [6, 6.07) is 16.0. The Morgan fingerprint density at radius 3 is 2.46 bits per heavy atom. The van der Waals surface area contributed by atoms with E-state index in [2.05, 4.69) is 5.32 Å². The number of fused-ring (bicyclic) bond motifs is 1. The fourth-order valence-corrected chi connectivity index (χ4v) is 3.58. The van der Waals surface area contributed by atoms with Crippen molar-refractivity contribution in [3.63, 3.8) is 0 Å². The molecule has 1 aliphatic rings. The molecular formula is C22H26N2O2. The van der Waals surface area contributed by atoms with Gasteiger partial charge in [-0.1, -0.05) is 61.9 Å². The smallest absolute Gasteiger partial charge is 0.246 e. The van der Waals surface area contributed by atoms with E-state index < -0.39 is 0 Å². The maximum Gasteiger partial charge on any atom is 0.246 e. The normalized spacial score (nSPS) is 14.2. The van der Waals surface area contributed by atoms with Crippen molar-refractivity contribution in [2.75, 3.05) is 18.0 Å². The fourth-order valence-electron chi connectivity index (χ4n) is 3.58. The van der Waals surface area contributed by atoms with Gasteiger partial charge in [0.25, 0.3) is 0 Å². The Morgan fingerprint density at radius 1 is 1.08 bits per heavy atom. The molecule has 1 atom stereocenters. The van der Waals surface area contributed by atoms with Gasteiger partial charge in [0.15, 0.2) is 0 Å². The molecule has 1 aliphatic heterocycles. The van der Waals surface area contributed by atoms with Crippen LogP contribution in [0.5, 0.6) is 0 Å². The molecule has 0 fully saturated rings. The van der Waals surface area contributed by atoms with E-state index >= 15 is 0 Å². The lowest BCUT2D eigenvalue weighted by atomic mass is 9.87. The third-order valence-corrected chi connectivity index (χ3v) is 4.99. The second-order valence-corrected chi connectivity index (χ2v) is 7.27. The maximum absolute atomic E-state index is 12.8. The number of nitrogens with zero attached hydrogens (tertiary/aromatic N) is 1. The number of benzene rings is 2. The van der Waals surface area contributed by atoms with Crippen LogP contribution in [0.15, 0.2) is 48.5 Å². The van der Waals surface area contributed by atoms with Crippen molar-refractivity contribution >= 4 is 17.5 Å². The van der Waals surface area contributed by atoms with E-state index in [-0.39, 0.29) is 30.2 Å². The molecule has 0 radical (unpaired) electrons. The summed E-state index contributed by atoms with van der Waals surface area (Å²) in [5, 5.41) is 2.85. The van der Waals surface area contributed by atoms with Crippen molar-refractivity contribution < 1.29 is 9.59 Å². The maximum atomic E-state index is 12.8. The molecule has 0 spiro atoms. The minimum Gasteiger partial charge on any atom is -0.346 e. The first-order valence-electron chi connectivity index (χ1n) is 9.20. The minimum absolute atomic E-state index is 0.0300. The Balaban J connectivity index is 1.65. The standard InChI is InChI=1S/C22H26N2O2/c1-15(2)21(18-10-8-16(3)9-11-18)22(26)23-14-20(25)24-13-12-17-6-4-5-7-19(17)24/h4-11,15,21H,12-14H2,1-3H3,(H,23,26). The highest BCUT2D eigenvalue weighted by Crippen LogP contribution is 2.28. The molecule has 2 aromatic rings. The highest BCUT2D eigenvalue weighted by atomic mass is 16.2. The van der Waals surface area contributed by atoms with Gasteiger partial charge < -0.3 is 10.2 Å². The van der Waals surface area contributed by atoms with Crippen molar-refractivity contribution in [2.24, 2.45) is 5.92 Å². The molecule has 1 N–H and O–H groups in total. The van der Waals surface area contributed by atoms with Gasteiger partial charge in [-0.2, -0.15) is 0 Å². The van der Waals surface area contributed by atoms with Gasteiger partial charge in [0.1, 0.15) is 0 Å². The molecule has 2 amide bonds. The molecule has 2 aromatic carbocycles. The number of hydrogen-bond donors (Lipinski definition) is 1. The number of para-hydroxylation sites is 1. The van der Waals surface area contributed by atoms with Gasteiger partial charge in [-0.15, -0.1) is 0 Å². The lowest BCUT2D eigenvalue weighted by Crippen LogP contribution is -2.41. The molecule has 0 aliphatic carbocycles. The van der Waals surface area contributed by atoms with Gasteiger partial charge >= 0.3 is 0 Å². The fraction of sp³-hybridized carbons (Fsp3) is 0.364. The first kappa shape index (κ1) is 18.2. The molecule has 26 heavy (non-hydrogen) atoms. The average molecular weight is 350 g/mol. The molecule has 0 bridgehead atoms. The lowest BCUT2D eigenvalue weighted by molar-refractivity contribution is -0.126. The second-order valence-electron chi connectivity index (χ2n) is 7.27. The Morgan fingerprint density at radius 2 is 1.77 bits per heavy atom. The zero-order valence-corrected chi connectivity index (χ0v) is 15.7. The highest BCUT2D eigenvalue weighted by molar-refractivity contribution is 5.99. The Labute approximate surface area is 155 Å². The minimum atomic E-state index is -0.255. The number of anilines is 1. The zero-order chi connectivity index (χ0) is 18.7. The van der Waals surface area contributed by atoms with Crippen molar-refractivity contribution in [3.05, 3.63) is 65.2 Å². The predicted molar refractivity (Wildman–Crippen MR) is 104 cm³/mol. The van der Waals surface area contributed by atoms with Crippen LogP contribution < -0.4 is 10.2 Å². The Kier molecular flexibility index (Phi) is 5.40. The summed E-state index contributed by atoms with van der Waals surface area (Å²) in [7, 11) is 0. The predicted octanol–water partition coefficient (Wildman–Crippen LogP) is 3.44. The highest BCUT2D eigenvalue weighted by Gasteiger charge is 2.27. The molecule has 136 valence electrons. The molecule has 3 rings (SSSR count). The average Bonchev–Trinajstić information content (AvgIpc) is 3.05. The second kappa shape index (κ2) is 7.73. The molecule has 4 heteroatoms. The zero-order valence-electron chi connectivity index (χ0n) is 15.7.